The Kier molecular flexibility index (Phi) is 4.65. The molecular weight excluding hydrogens is 318 g/mol. The van der Waals surface area contributed by atoms with Gasteiger partial charge in [0, 0.05) is 22.0 Å². The topological polar surface area (TPSA) is 44.5 Å². The summed E-state index contributed by atoms with van der Waals surface area (Å²) in [5, 5.41) is 0. The van der Waals surface area contributed by atoms with Crippen LogP contribution in [0.4, 0.5) is 0 Å². The molecule has 112 valence electrons. The van der Waals surface area contributed by atoms with Crippen molar-refractivity contribution < 1.29 is 9.47 Å². The minimum absolute atomic E-state index is 0.0952. The van der Waals surface area contributed by atoms with E-state index in [1.54, 1.807) is 14.2 Å². The van der Waals surface area contributed by atoms with E-state index >= 15 is 0 Å². The summed E-state index contributed by atoms with van der Waals surface area (Å²) in [6.07, 6.45) is 3.55. The maximum absolute atomic E-state index is 6.11. The summed E-state index contributed by atoms with van der Waals surface area (Å²) >= 11 is 3.73. The van der Waals surface area contributed by atoms with E-state index in [2.05, 4.69) is 29.8 Å². The van der Waals surface area contributed by atoms with Crippen molar-refractivity contribution in [2.24, 2.45) is 5.73 Å². The van der Waals surface area contributed by atoms with Crippen LogP contribution < -0.4 is 15.2 Å². The largest absolute Gasteiger partial charge is 0.493 e. The lowest BCUT2D eigenvalue weighted by Crippen LogP contribution is -2.42. The van der Waals surface area contributed by atoms with Gasteiger partial charge in [0.2, 0.25) is 0 Å². The van der Waals surface area contributed by atoms with E-state index in [0.29, 0.717) is 12.5 Å². The minimum atomic E-state index is 0.0952. The summed E-state index contributed by atoms with van der Waals surface area (Å²) in [7, 11) is 3.38. The van der Waals surface area contributed by atoms with Crippen molar-refractivity contribution in [1.82, 2.24) is 0 Å². The second-order valence-electron chi connectivity index (χ2n) is 5.88. The van der Waals surface area contributed by atoms with Gasteiger partial charge in [-0.25, -0.2) is 0 Å². The lowest BCUT2D eigenvalue weighted by Gasteiger charge is -2.44. The fourth-order valence-electron chi connectivity index (χ4n) is 3.24. The summed E-state index contributed by atoms with van der Waals surface area (Å²) in [4.78, 5) is 0. The van der Waals surface area contributed by atoms with E-state index in [1.165, 1.54) is 17.5 Å². The standard InChI is InChI=1S/C16H24BrNO2/c1-10(2)13-14(16(9-18)6-5-7-16)11(17)8-12(19-3)15(13)20-4/h8,10H,5-7,9,18H2,1-4H3. The van der Waals surface area contributed by atoms with Crippen molar-refractivity contribution in [2.75, 3.05) is 20.8 Å². The van der Waals surface area contributed by atoms with Crippen LogP contribution in [-0.4, -0.2) is 20.8 Å². The van der Waals surface area contributed by atoms with Crippen molar-refractivity contribution in [3.63, 3.8) is 0 Å². The predicted octanol–water partition coefficient (Wildman–Crippen LogP) is 3.97. The molecule has 1 fully saturated rings. The Balaban J connectivity index is 2.72. The summed E-state index contributed by atoms with van der Waals surface area (Å²) in [5.74, 6) is 1.98. The van der Waals surface area contributed by atoms with Gasteiger partial charge in [-0.15, -0.1) is 0 Å². The molecule has 0 unspecified atom stereocenters. The van der Waals surface area contributed by atoms with Crippen molar-refractivity contribution >= 4 is 15.9 Å². The molecular formula is C16H24BrNO2. The van der Waals surface area contributed by atoms with Crippen molar-refractivity contribution in [3.8, 4) is 11.5 Å². The summed E-state index contributed by atoms with van der Waals surface area (Å²) in [6.45, 7) is 5.06. The van der Waals surface area contributed by atoms with Crippen LogP contribution in [0.25, 0.3) is 0 Å². The molecule has 0 amide bonds. The van der Waals surface area contributed by atoms with Gasteiger partial charge in [-0.1, -0.05) is 36.2 Å². The third-order valence-electron chi connectivity index (χ3n) is 4.47. The van der Waals surface area contributed by atoms with E-state index in [9.17, 15) is 0 Å². The van der Waals surface area contributed by atoms with E-state index in [1.807, 2.05) is 6.07 Å². The SMILES string of the molecule is COc1cc(Br)c(C2(CN)CCC2)c(C(C)C)c1OC. The van der Waals surface area contributed by atoms with Crippen molar-refractivity contribution in [3.05, 3.63) is 21.7 Å². The summed E-state index contributed by atoms with van der Waals surface area (Å²) < 4.78 is 12.2. The molecule has 1 aromatic rings. The Morgan fingerprint density at radius 1 is 1.30 bits per heavy atom. The number of benzene rings is 1. The molecule has 4 heteroatoms. The highest BCUT2D eigenvalue weighted by Crippen LogP contribution is 2.52. The second kappa shape index (κ2) is 5.94. The number of hydrogen-bond donors (Lipinski definition) is 1. The van der Waals surface area contributed by atoms with Crippen LogP contribution in [0.5, 0.6) is 11.5 Å². The van der Waals surface area contributed by atoms with Gasteiger partial charge in [0.25, 0.3) is 0 Å². The van der Waals surface area contributed by atoms with E-state index in [-0.39, 0.29) is 5.41 Å². The fourth-order valence-corrected chi connectivity index (χ4v) is 4.08. The number of methoxy groups -OCH3 is 2. The lowest BCUT2D eigenvalue weighted by molar-refractivity contribution is 0.247. The van der Waals surface area contributed by atoms with Gasteiger partial charge in [0.15, 0.2) is 11.5 Å². The first kappa shape index (κ1) is 15.6. The molecule has 0 spiro atoms. The minimum Gasteiger partial charge on any atom is -0.493 e. The van der Waals surface area contributed by atoms with Gasteiger partial charge in [0.1, 0.15) is 0 Å². The maximum atomic E-state index is 6.11. The Labute approximate surface area is 130 Å². The molecule has 20 heavy (non-hydrogen) atoms. The molecule has 1 aromatic carbocycles. The Morgan fingerprint density at radius 2 is 1.95 bits per heavy atom. The van der Waals surface area contributed by atoms with Gasteiger partial charge in [-0.05, 0) is 30.4 Å². The first-order chi connectivity index (χ1) is 9.50. The first-order valence-corrected chi connectivity index (χ1v) is 7.95. The first-order valence-electron chi connectivity index (χ1n) is 7.15. The van der Waals surface area contributed by atoms with Gasteiger partial charge < -0.3 is 15.2 Å². The van der Waals surface area contributed by atoms with Crippen molar-refractivity contribution in [2.45, 2.75) is 44.4 Å². The zero-order valence-electron chi connectivity index (χ0n) is 12.8. The predicted molar refractivity (Wildman–Crippen MR) is 85.9 cm³/mol. The maximum Gasteiger partial charge on any atom is 0.164 e. The lowest BCUT2D eigenvalue weighted by atomic mass is 9.62. The molecule has 0 atom stereocenters. The van der Waals surface area contributed by atoms with Crippen LogP contribution >= 0.6 is 15.9 Å². The molecule has 0 radical (unpaired) electrons. The molecule has 0 aromatic heterocycles. The normalized spacial score (nSPS) is 16.9. The molecule has 3 nitrogen and oxygen atoms in total. The molecule has 2 N–H and O–H groups in total. The van der Waals surface area contributed by atoms with Crippen LogP contribution in [0, 0.1) is 0 Å². The van der Waals surface area contributed by atoms with Crippen LogP contribution in [0.15, 0.2) is 10.5 Å². The van der Waals surface area contributed by atoms with Gasteiger partial charge >= 0.3 is 0 Å². The molecule has 1 aliphatic rings. The third-order valence-corrected chi connectivity index (χ3v) is 5.09. The third kappa shape index (κ3) is 2.33. The highest BCUT2D eigenvalue weighted by molar-refractivity contribution is 9.10. The number of rotatable bonds is 5. The molecule has 0 bridgehead atoms. The van der Waals surface area contributed by atoms with Gasteiger partial charge in [-0.2, -0.15) is 0 Å². The van der Waals surface area contributed by atoms with E-state index in [0.717, 1.165) is 28.8 Å². The molecule has 1 saturated carbocycles. The van der Waals surface area contributed by atoms with Crippen LogP contribution in [-0.2, 0) is 5.41 Å². The second-order valence-corrected chi connectivity index (χ2v) is 6.73. The highest BCUT2D eigenvalue weighted by atomic mass is 79.9. The van der Waals surface area contributed by atoms with Gasteiger partial charge in [0.05, 0.1) is 14.2 Å². The Morgan fingerprint density at radius 3 is 2.30 bits per heavy atom. The van der Waals surface area contributed by atoms with E-state index < -0.39 is 0 Å². The number of ether oxygens (including phenoxy) is 2. The zero-order valence-corrected chi connectivity index (χ0v) is 14.3. The molecule has 0 heterocycles. The quantitative estimate of drug-likeness (QED) is 0.881. The Hall–Kier alpha value is -0.740. The zero-order chi connectivity index (χ0) is 14.9. The average molecular weight is 342 g/mol. The van der Waals surface area contributed by atoms with E-state index in [4.69, 9.17) is 15.2 Å². The smallest absolute Gasteiger partial charge is 0.164 e. The summed E-state index contributed by atoms with van der Waals surface area (Å²) in [5.41, 5.74) is 8.75. The monoisotopic (exact) mass is 341 g/mol. The fraction of sp³-hybridized carbons (Fsp3) is 0.625. The number of hydrogen-bond acceptors (Lipinski definition) is 3. The highest BCUT2D eigenvalue weighted by Gasteiger charge is 2.42. The average Bonchev–Trinajstić information content (AvgIpc) is 2.38. The van der Waals surface area contributed by atoms with Crippen LogP contribution in [0.2, 0.25) is 0 Å². The van der Waals surface area contributed by atoms with Crippen molar-refractivity contribution in [1.29, 1.82) is 0 Å². The van der Waals surface area contributed by atoms with Crippen LogP contribution in [0.3, 0.4) is 0 Å². The Bertz CT molecular complexity index is 490. The molecule has 2 rings (SSSR count). The molecule has 1 aliphatic carbocycles. The van der Waals surface area contributed by atoms with Crippen LogP contribution in [0.1, 0.15) is 50.2 Å². The summed E-state index contributed by atoms with van der Waals surface area (Å²) in [6, 6.07) is 2.01. The molecule has 0 aliphatic heterocycles. The number of nitrogens with two attached hydrogens (primary N) is 1. The number of halogens is 1. The van der Waals surface area contributed by atoms with Gasteiger partial charge in [-0.3, -0.25) is 0 Å². The molecule has 0 saturated heterocycles.